The molecule has 0 aromatic rings. The van der Waals surface area contributed by atoms with Crippen LogP contribution in [0, 0.1) is 0 Å². The fourth-order valence-corrected chi connectivity index (χ4v) is 6.79. The van der Waals surface area contributed by atoms with Crippen molar-refractivity contribution in [2.75, 3.05) is 55.7 Å². The molecule has 12 heteroatoms. The molecule has 8 nitrogen and oxygen atoms in total. The average Bonchev–Trinajstić information content (AvgIpc) is 2.61. The third-order valence-corrected chi connectivity index (χ3v) is 11.0. The maximum Gasteiger partial charge on any atom is 0.500 e. The fraction of sp³-hybridized carbons (Fsp3) is 1.00. The molecule has 0 heterocycles. The third-order valence-electron chi connectivity index (χ3n) is 4.23. The van der Waals surface area contributed by atoms with Crippen molar-refractivity contribution in [3.63, 3.8) is 0 Å². The molecule has 0 aromatic heterocycles. The van der Waals surface area contributed by atoms with Gasteiger partial charge in [-0.05, 0) is 12.8 Å². The second-order valence-electron chi connectivity index (χ2n) is 5.60. The Hall–Kier alpha value is 0.548. The van der Waals surface area contributed by atoms with Crippen LogP contribution >= 0.6 is 0 Å². The molecule has 0 aliphatic heterocycles. The second kappa shape index (κ2) is 12.8. The van der Waals surface area contributed by atoms with Crippen molar-refractivity contribution in [3.05, 3.63) is 0 Å². The Labute approximate surface area is 155 Å². The zero-order chi connectivity index (χ0) is 18.6. The minimum atomic E-state index is -2.47. The van der Waals surface area contributed by atoms with Gasteiger partial charge in [0.05, 0.1) is 20.8 Å². The topological polar surface area (TPSA) is 61.9 Å². The SMILES string of the molecule is CO[Si](CCCN(CCC[Si](OC)(OC)OC)N([SiH3])[SiH3])(OC)OC. The monoisotopic (exact) mass is 416 g/mol. The standard InChI is InChI=1S/C12H36N2O6Si4/c1-15-23(16-2,17-3)11-7-9-13(14(21)22)10-8-12-24(18-4,19-5)20-6/h7-12H2,1-6,21-22H3. The summed E-state index contributed by atoms with van der Waals surface area (Å²) in [6.07, 6.45) is 1.95. The Morgan fingerprint density at radius 1 is 0.625 bits per heavy atom. The van der Waals surface area contributed by atoms with E-state index in [2.05, 4.69) is 9.35 Å². The summed E-state index contributed by atoms with van der Waals surface area (Å²) < 4.78 is 35.3. The van der Waals surface area contributed by atoms with Crippen molar-refractivity contribution in [1.29, 1.82) is 0 Å². The Kier molecular flexibility index (Phi) is 13.1. The first kappa shape index (κ1) is 24.5. The van der Waals surface area contributed by atoms with E-state index in [-0.39, 0.29) is 0 Å². The van der Waals surface area contributed by atoms with Crippen LogP contribution in [0.1, 0.15) is 12.8 Å². The molecule has 0 unspecified atom stereocenters. The first-order valence-electron chi connectivity index (χ1n) is 8.11. The van der Waals surface area contributed by atoms with Crippen molar-refractivity contribution < 1.29 is 26.6 Å². The van der Waals surface area contributed by atoms with Gasteiger partial charge in [0, 0.05) is 67.8 Å². The van der Waals surface area contributed by atoms with Gasteiger partial charge in [-0.3, -0.25) is 5.01 Å². The molecule has 0 saturated carbocycles. The molecule has 0 aromatic carbocycles. The summed E-state index contributed by atoms with van der Waals surface area (Å²) in [5.41, 5.74) is 0. The van der Waals surface area contributed by atoms with E-state index in [4.69, 9.17) is 26.6 Å². The summed E-state index contributed by atoms with van der Waals surface area (Å²) in [6, 6.07) is 1.63. The van der Waals surface area contributed by atoms with E-state index in [1.54, 1.807) is 42.7 Å². The highest BCUT2D eigenvalue weighted by molar-refractivity contribution is 6.60. The molecule has 0 saturated heterocycles. The lowest BCUT2D eigenvalue weighted by atomic mass is 10.4. The van der Waals surface area contributed by atoms with Crippen molar-refractivity contribution in [2.45, 2.75) is 24.9 Å². The maximum atomic E-state index is 5.48. The van der Waals surface area contributed by atoms with Crippen molar-refractivity contribution >= 4 is 38.4 Å². The fourth-order valence-electron chi connectivity index (χ4n) is 2.58. The highest BCUT2D eigenvalue weighted by Gasteiger charge is 2.38. The highest BCUT2D eigenvalue weighted by Crippen LogP contribution is 2.17. The van der Waals surface area contributed by atoms with E-state index in [1.807, 2.05) is 0 Å². The van der Waals surface area contributed by atoms with Gasteiger partial charge in [0.25, 0.3) is 0 Å². The van der Waals surface area contributed by atoms with E-state index in [0.717, 1.165) is 58.8 Å². The number of nitrogens with zero attached hydrogens (tertiary/aromatic N) is 2. The Bertz CT molecular complexity index is 279. The summed E-state index contributed by atoms with van der Waals surface area (Å²) in [7, 11) is 7.07. The van der Waals surface area contributed by atoms with Gasteiger partial charge in [-0.2, -0.15) is 0 Å². The molecule has 0 bridgehead atoms. The second-order valence-corrected chi connectivity index (χ2v) is 16.2. The van der Waals surface area contributed by atoms with E-state index in [0.29, 0.717) is 0 Å². The molecule has 0 atom stereocenters. The number of hydrogen-bond donors (Lipinski definition) is 0. The molecule has 0 N–H and O–H groups in total. The third kappa shape index (κ3) is 7.84. The van der Waals surface area contributed by atoms with Crippen molar-refractivity contribution in [3.8, 4) is 0 Å². The molecular weight excluding hydrogens is 380 g/mol. The van der Waals surface area contributed by atoms with Crippen LogP contribution in [0.5, 0.6) is 0 Å². The van der Waals surface area contributed by atoms with Crippen molar-refractivity contribution in [2.24, 2.45) is 0 Å². The molecular formula is C12H36N2O6Si4. The summed E-state index contributed by atoms with van der Waals surface area (Å²) >= 11 is 0. The summed E-state index contributed by atoms with van der Waals surface area (Å²) in [4.78, 5) is 0. The molecule has 0 radical (unpaired) electrons. The predicted molar refractivity (Wildman–Crippen MR) is 106 cm³/mol. The summed E-state index contributed by atoms with van der Waals surface area (Å²) in [6.45, 7) is 1.94. The van der Waals surface area contributed by atoms with Gasteiger partial charge in [0.1, 0.15) is 0 Å². The molecule has 24 heavy (non-hydrogen) atoms. The highest BCUT2D eigenvalue weighted by atomic mass is 28.4. The predicted octanol–water partition coefficient (Wildman–Crippen LogP) is -1.40. The molecule has 0 rings (SSSR count). The van der Waals surface area contributed by atoms with Crippen LogP contribution in [0.25, 0.3) is 0 Å². The van der Waals surface area contributed by atoms with Crippen LogP contribution in [0.15, 0.2) is 0 Å². The van der Waals surface area contributed by atoms with E-state index in [9.17, 15) is 0 Å². The van der Waals surface area contributed by atoms with Gasteiger partial charge in [0.15, 0.2) is 0 Å². The lowest BCUT2D eigenvalue weighted by Crippen LogP contribution is -2.46. The Morgan fingerprint density at radius 3 is 1.12 bits per heavy atom. The Balaban J connectivity index is 4.42. The van der Waals surface area contributed by atoms with Gasteiger partial charge in [-0.15, -0.1) is 0 Å². The average molecular weight is 417 g/mol. The zero-order valence-corrected chi connectivity index (χ0v) is 22.6. The van der Waals surface area contributed by atoms with Gasteiger partial charge >= 0.3 is 17.6 Å². The first-order chi connectivity index (χ1) is 11.4. The first-order valence-corrected chi connectivity index (χ1v) is 13.8. The minimum Gasteiger partial charge on any atom is -0.377 e. The number of hydrogen-bond acceptors (Lipinski definition) is 8. The Morgan fingerprint density at radius 2 is 0.917 bits per heavy atom. The normalized spacial score (nSPS) is 13.5. The van der Waals surface area contributed by atoms with Crippen LogP contribution in [0.2, 0.25) is 12.1 Å². The molecule has 0 aliphatic rings. The maximum absolute atomic E-state index is 5.48. The largest absolute Gasteiger partial charge is 0.500 e. The van der Waals surface area contributed by atoms with Crippen LogP contribution in [0.4, 0.5) is 0 Å². The van der Waals surface area contributed by atoms with Gasteiger partial charge < -0.3 is 30.9 Å². The van der Waals surface area contributed by atoms with Crippen LogP contribution in [-0.4, -0.2) is 104 Å². The van der Waals surface area contributed by atoms with Gasteiger partial charge in [-0.1, -0.05) is 0 Å². The van der Waals surface area contributed by atoms with E-state index in [1.165, 1.54) is 0 Å². The molecule has 0 amide bonds. The molecule has 0 fully saturated rings. The van der Waals surface area contributed by atoms with Crippen LogP contribution in [-0.2, 0) is 26.6 Å². The number of rotatable bonds is 15. The smallest absolute Gasteiger partial charge is 0.377 e. The van der Waals surface area contributed by atoms with Gasteiger partial charge in [0.2, 0.25) is 0 Å². The van der Waals surface area contributed by atoms with Gasteiger partial charge in [-0.25, -0.2) is 0 Å². The lowest BCUT2D eigenvalue weighted by Gasteiger charge is -2.32. The van der Waals surface area contributed by atoms with E-state index < -0.39 is 17.6 Å². The summed E-state index contributed by atoms with van der Waals surface area (Å²) in [5.74, 6) is 0. The van der Waals surface area contributed by atoms with E-state index >= 15 is 0 Å². The van der Waals surface area contributed by atoms with Crippen molar-refractivity contribution in [1.82, 2.24) is 9.35 Å². The lowest BCUT2D eigenvalue weighted by molar-refractivity contribution is 0.106. The molecule has 0 spiro atoms. The zero-order valence-electron chi connectivity index (χ0n) is 16.6. The van der Waals surface area contributed by atoms with Crippen LogP contribution < -0.4 is 0 Å². The quantitative estimate of drug-likeness (QED) is 0.239. The minimum absolute atomic E-state index is 0.816. The number of hydrazine groups is 1. The molecule has 146 valence electrons. The summed E-state index contributed by atoms with van der Waals surface area (Å²) in [5, 5.41) is 2.40. The molecule has 0 aliphatic carbocycles. The van der Waals surface area contributed by atoms with Crippen LogP contribution in [0.3, 0.4) is 0 Å².